The third-order valence-corrected chi connectivity index (χ3v) is 5.39. The average Bonchev–Trinajstić information content (AvgIpc) is 2.71. The molecule has 88 valence electrons. The lowest BCUT2D eigenvalue weighted by atomic mass is 10.0. The summed E-state index contributed by atoms with van der Waals surface area (Å²) < 4.78 is 26.8. The molecule has 1 aliphatic carbocycles. The van der Waals surface area contributed by atoms with E-state index in [0.717, 1.165) is 45.2 Å². The van der Waals surface area contributed by atoms with Crippen LogP contribution in [0, 0.1) is 0 Å². The molecule has 5 heteroatoms. The number of hydrogen-bond donors (Lipinski definition) is 2. The van der Waals surface area contributed by atoms with Crippen LogP contribution in [0.15, 0.2) is 0 Å². The van der Waals surface area contributed by atoms with E-state index in [1.807, 2.05) is 0 Å². The standard InChI is InChI=1S/C10H20N2O2S/c13-15(14,10-4-2-1-3-5-10)12-9-6-7-11-8-9/h9-12H,1-8H2/t9-/m1/s1. The van der Waals surface area contributed by atoms with Gasteiger partial charge in [0, 0.05) is 12.6 Å². The predicted octanol–water partition coefficient (Wildman–Crippen LogP) is 0.600. The molecule has 0 aromatic heterocycles. The van der Waals surface area contributed by atoms with E-state index in [9.17, 15) is 8.42 Å². The normalized spacial score (nSPS) is 29.5. The molecule has 0 bridgehead atoms. The van der Waals surface area contributed by atoms with Gasteiger partial charge in [-0.05, 0) is 25.8 Å². The summed E-state index contributed by atoms with van der Waals surface area (Å²) in [6, 6.07) is 0.122. The van der Waals surface area contributed by atoms with Crippen LogP contribution in [0.5, 0.6) is 0 Å². The van der Waals surface area contributed by atoms with Crippen LogP contribution in [-0.2, 0) is 10.0 Å². The van der Waals surface area contributed by atoms with Crippen molar-refractivity contribution in [1.29, 1.82) is 0 Å². The molecule has 2 aliphatic rings. The topological polar surface area (TPSA) is 58.2 Å². The van der Waals surface area contributed by atoms with Crippen LogP contribution in [0.2, 0.25) is 0 Å². The molecule has 0 radical (unpaired) electrons. The molecular formula is C10H20N2O2S. The zero-order valence-electron chi connectivity index (χ0n) is 9.04. The minimum absolute atomic E-state index is 0.122. The van der Waals surface area contributed by atoms with Gasteiger partial charge in [-0.25, -0.2) is 13.1 Å². The Bertz CT molecular complexity index is 291. The molecule has 0 spiro atoms. The monoisotopic (exact) mass is 232 g/mol. The highest BCUT2D eigenvalue weighted by Gasteiger charge is 2.30. The summed E-state index contributed by atoms with van der Waals surface area (Å²) in [4.78, 5) is 0. The molecule has 0 aromatic carbocycles. The average molecular weight is 232 g/mol. The fraction of sp³-hybridized carbons (Fsp3) is 1.00. The van der Waals surface area contributed by atoms with Crippen molar-refractivity contribution in [1.82, 2.24) is 10.0 Å². The first kappa shape index (κ1) is 11.4. The third-order valence-electron chi connectivity index (χ3n) is 3.38. The van der Waals surface area contributed by atoms with Crippen LogP contribution in [0.1, 0.15) is 38.5 Å². The van der Waals surface area contributed by atoms with Crippen molar-refractivity contribution < 1.29 is 8.42 Å². The Hall–Kier alpha value is -0.130. The molecule has 0 aromatic rings. The number of rotatable bonds is 3. The van der Waals surface area contributed by atoms with E-state index in [1.54, 1.807) is 0 Å². The molecule has 4 nitrogen and oxygen atoms in total. The fourth-order valence-electron chi connectivity index (χ4n) is 2.46. The number of nitrogens with one attached hydrogen (secondary N) is 2. The Morgan fingerprint density at radius 3 is 2.40 bits per heavy atom. The zero-order chi connectivity index (χ0) is 10.7. The summed E-state index contributed by atoms with van der Waals surface area (Å²) in [6.07, 6.45) is 5.93. The van der Waals surface area contributed by atoms with Gasteiger partial charge in [0.05, 0.1) is 5.25 Å². The number of hydrogen-bond acceptors (Lipinski definition) is 3. The van der Waals surface area contributed by atoms with Gasteiger partial charge in [-0.1, -0.05) is 19.3 Å². The second kappa shape index (κ2) is 4.80. The van der Waals surface area contributed by atoms with Gasteiger partial charge in [-0.2, -0.15) is 0 Å². The fourth-order valence-corrected chi connectivity index (χ4v) is 4.27. The molecule has 1 atom stereocenters. The van der Waals surface area contributed by atoms with Gasteiger partial charge >= 0.3 is 0 Å². The van der Waals surface area contributed by atoms with Crippen LogP contribution >= 0.6 is 0 Å². The molecular weight excluding hydrogens is 212 g/mol. The number of sulfonamides is 1. The van der Waals surface area contributed by atoms with Crippen LogP contribution < -0.4 is 10.0 Å². The summed E-state index contributed by atoms with van der Waals surface area (Å²) in [6.45, 7) is 1.71. The molecule has 15 heavy (non-hydrogen) atoms. The van der Waals surface area contributed by atoms with Crippen LogP contribution in [0.25, 0.3) is 0 Å². The summed E-state index contributed by atoms with van der Waals surface area (Å²) in [7, 11) is -3.06. The van der Waals surface area contributed by atoms with E-state index in [0.29, 0.717) is 0 Å². The molecule has 0 amide bonds. The van der Waals surface area contributed by atoms with Gasteiger partial charge in [-0.3, -0.25) is 0 Å². The van der Waals surface area contributed by atoms with Crippen molar-refractivity contribution in [2.45, 2.75) is 49.8 Å². The van der Waals surface area contributed by atoms with Crippen LogP contribution in [0.4, 0.5) is 0 Å². The second-order valence-corrected chi connectivity index (χ2v) is 6.60. The third kappa shape index (κ3) is 2.92. The van der Waals surface area contributed by atoms with Gasteiger partial charge in [-0.15, -0.1) is 0 Å². The minimum atomic E-state index is -3.06. The van der Waals surface area contributed by atoms with Crippen LogP contribution in [-0.4, -0.2) is 32.8 Å². The highest BCUT2D eigenvalue weighted by atomic mass is 32.2. The largest absolute Gasteiger partial charge is 0.315 e. The first-order chi connectivity index (χ1) is 7.18. The minimum Gasteiger partial charge on any atom is -0.315 e. The molecule has 1 saturated heterocycles. The summed E-state index contributed by atoms with van der Waals surface area (Å²) in [5.41, 5.74) is 0. The van der Waals surface area contributed by atoms with E-state index in [2.05, 4.69) is 10.0 Å². The maximum absolute atomic E-state index is 12.0. The lowest BCUT2D eigenvalue weighted by Crippen LogP contribution is -2.42. The van der Waals surface area contributed by atoms with Gasteiger partial charge in [0.15, 0.2) is 0 Å². The Morgan fingerprint density at radius 1 is 1.07 bits per heavy atom. The highest BCUT2D eigenvalue weighted by molar-refractivity contribution is 7.90. The van der Waals surface area contributed by atoms with Gasteiger partial charge in [0.2, 0.25) is 10.0 Å². The van der Waals surface area contributed by atoms with Crippen molar-refractivity contribution in [3.63, 3.8) is 0 Å². The molecule has 1 saturated carbocycles. The summed E-state index contributed by atoms with van der Waals surface area (Å²) in [5.74, 6) is 0. The predicted molar refractivity (Wildman–Crippen MR) is 60.2 cm³/mol. The van der Waals surface area contributed by atoms with Gasteiger partial charge in [0.25, 0.3) is 0 Å². The maximum Gasteiger partial charge on any atom is 0.214 e. The van der Waals surface area contributed by atoms with Crippen LogP contribution in [0.3, 0.4) is 0 Å². The SMILES string of the molecule is O=S(=O)(N[C@@H]1CCNC1)C1CCCCC1. The van der Waals surface area contributed by atoms with E-state index in [1.165, 1.54) is 6.42 Å². The smallest absolute Gasteiger partial charge is 0.214 e. The highest BCUT2D eigenvalue weighted by Crippen LogP contribution is 2.23. The van der Waals surface area contributed by atoms with Crippen molar-refractivity contribution in [3.8, 4) is 0 Å². The first-order valence-electron chi connectivity index (χ1n) is 5.90. The molecule has 1 aliphatic heterocycles. The lowest BCUT2D eigenvalue weighted by Gasteiger charge is -2.23. The lowest BCUT2D eigenvalue weighted by molar-refractivity contribution is 0.471. The zero-order valence-corrected chi connectivity index (χ0v) is 9.85. The van der Waals surface area contributed by atoms with E-state index in [4.69, 9.17) is 0 Å². The second-order valence-electron chi connectivity index (χ2n) is 4.61. The van der Waals surface area contributed by atoms with E-state index < -0.39 is 10.0 Å². The van der Waals surface area contributed by atoms with Crippen molar-refractivity contribution in [3.05, 3.63) is 0 Å². The Labute approximate surface area is 91.9 Å². The first-order valence-corrected chi connectivity index (χ1v) is 7.45. The molecule has 1 heterocycles. The summed E-state index contributed by atoms with van der Waals surface area (Å²) in [5, 5.41) is 3.04. The molecule has 2 rings (SSSR count). The maximum atomic E-state index is 12.0. The Kier molecular flexibility index (Phi) is 3.64. The van der Waals surface area contributed by atoms with E-state index in [-0.39, 0.29) is 11.3 Å². The van der Waals surface area contributed by atoms with Crippen molar-refractivity contribution in [2.75, 3.05) is 13.1 Å². The van der Waals surface area contributed by atoms with E-state index >= 15 is 0 Å². The van der Waals surface area contributed by atoms with Gasteiger partial charge < -0.3 is 5.32 Å². The summed E-state index contributed by atoms with van der Waals surface area (Å²) >= 11 is 0. The van der Waals surface area contributed by atoms with Gasteiger partial charge in [0.1, 0.15) is 0 Å². The molecule has 2 fully saturated rings. The van der Waals surface area contributed by atoms with Crippen molar-refractivity contribution >= 4 is 10.0 Å². The molecule has 2 N–H and O–H groups in total. The quantitative estimate of drug-likeness (QED) is 0.749. The van der Waals surface area contributed by atoms with Crippen molar-refractivity contribution in [2.24, 2.45) is 0 Å². The Balaban J connectivity index is 1.92. The Morgan fingerprint density at radius 2 is 1.80 bits per heavy atom. The molecule has 0 unspecified atom stereocenters.